The fourth-order valence-corrected chi connectivity index (χ4v) is 3.11. The number of amides is 1. The number of carbonyl (C=O) groups is 1. The molecule has 0 spiro atoms. The summed E-state index contributed by atoms with van der Waals surface area (Å²) in [4.78, 5) is 17.8. The number of amidine groups is 1. The Balaban J connectivity index is 2.33. The van der Waals surface area contributed by atoms with Crippen LogP contribution in [0.15, 0.2) is 34.5 Å². The van der Waals surface area contributed by atoms with Crippen LogP contribution in [0.4, 0.5) is 22.4 Å². The lowest BCUT2D eigenvalue weighted by molar-refractivity contribution is -0.139. The summed E-state index contributed by atoms with van der Waals surface area (Å²) in [7, 11) is 0. The van der Waals surface area contributed by atoms with E-state index >= 15 is 0 Å². The van der Waals surface area contributed by atoms with Crippen molar-refractivity contribution in [3.63, 3.8) is 0 Å². The van der Waals surface area contributed by atoms with Gasteiger partial charge in [0.1, 0.15) is 28.8 Å². The summed E-state index contributed by atoms with van der Waals surface area (Å²) in [5.41, 5.74) is 4.34. The predicted octanol–water partition coefficient (Wildman–Crippen LogP) is 5.06. The highest BCUT2D eigenvalue weighted by atomic mass is 35.5. The summed E-state index contributed by atoms with van der Waals surface area (Å²) in [5, 5.41) is -0.302. The molecule has 6 nitrogen and oxygen atoms in total. The fraction of sp³-hybridized carbons (Fsp3) is 0.500. The van der Waals surface area contributed by atoms with E-state index in [1.807, 2.05) is 0 Å². The van der Waals surface area contributed by atoms with Crippen molar-refractivity contribution in [2.75, 3.05) is 13.1 Å². The van der Waals surface area contributed by atoms with Crippen molar-refractivity contribution in [1.29, 1.82) is 0 Å². The van der Waals surface area contributed by atoms with E-state index in [0.717, 1.165) is 12.1 Å². The third kappa shape index (κ3) is 7.02. The highest BCUT2D eigenvalue weighted by Gasteiger charge is 2.36. The van der Waals surface area contributed by atoms with Crippen molar-refractivity contribution < 1.29 is 31.8 Å². The SMILES string of the molecule is CC(Oc1ccc(F)cc1C(F)(F)F)C1=C(N=C(N)Cl)CN(C(=O)OC(C)(C)C)CC1. The Labute approximate surface area is 182 Å². The topological polar surface area (TPSA) is 77.2 Å². The summed E-state index contributed by atoms with van der Waals surface area (Å²) in [6.07, 6.45) is -6.00. The van der Waals surface area contributed by atoms with Crippen molar-refractivity contribution in [1.82, 2.24) is 4.90 Å². The largest absolute Gasteiger partial charge is 0.486 e. The maximum Gasteiger partial charge on any atom is 0.420 e. The maximum absolute atomic E-state index is 13.4. The van der Waals surface area contributed by atoms with Crippen molar-refractivity contribution in [3.8, 4) is 5.75 Å². The molecule has 1 aliphatic heterocycles. The van der Waals surface area contributed by atoms with Gasteiger partial charge in [-0.2, -0.15) is 13.2 Å². The van der Waals surface area contributed by atoms with E-state index in [4.69, 9.17) is 26.8 Å². The molecule has 2 rings (SSSR count). The summed E-state index contributed by atoms with van der Waals surface area (Å²) in [6.45, 7) is 6.92. The van der Waals surface area contributed by atoms with Crippen LogP contribution in [0.2, 0.25) is 0 Å². The number of hydrogen-bond donors (Lipinski definition) is 1. The summed E-state index contributed by atoms with van der Waals surface area (Å²) in [6, 6.07) is 2.17. The van der Waals surface area contributed by atoms with E-state index in [0.29, 0.717) is 11.6 Å². The van der Waals surface area contributed by atoms with Gasteiger partial charge < -0.3 is 20.1 Å². The Bertz CT molecular complexity index is 891. The zero-order valence-corrected chi connectivity index (χ0v) is 18.3. The van der Waals surface area contributed by atoms with E-state index < -0.39 is 41.1 Å². The maximum atomic E-state index is 13.4. The van der Waals surface area contributed by atoms with Gasteiger partial charge >= 0.3 is 12.3 Å². The van der Waals surface area contributed by atoms with E-state index in [1.165, 1.54) is 11.8 Å². The molecule has 1 amide bonds. The standard InChI is InChI=1S/C20H24ClF4N3O3/c1-11(30-16-6-5-12(22)9-14(16)20(23,24)25)13-7-8-28(10-15(13)27-17(21)26)18(29)31-19(2,3)4/h5-6,9,11H,7-8,10H2,1-4H3,(H2,26,27). The van der Waals surface area contributed by atoms with E-state index in [-0.39, 0.29) is 30.5 Å². The molecule has 0 saturated carbocycles. The molecule has 2 N–H and O–H groups in total. The first-order valence-corrected chi connectivity index (χ1v) is 9.78. The minimum atomic E-state index is -4.80. The number of rotatable bonds is 4. The van der Waals surface area contributed by atoms with Crippen LogP contribution in [0.3, 0.4) is 0 Å². The molecule has 172 valence electrons. The van der Waals surface area contributed by atoms with Gasteiger partial charge in [-0.1, -0.05) is 0 Å². The Kier molecular flexibility index (Phi) is 7.46. The number of alkyl halides is 3. The average Bonchev–Trinajstić information content (AvgIpc) is 2.60. The second-order valence-electron chi connectivity index (χ2n) is 7.96. The first kappa shape index (κ1) is 24.8. The molecule has 1 unspecified atom stereocenters. The number of carbonyl (C=O) groups excluding carboxylic acids is 1. The first-order chi connectivity index (χ1) is 14.2. The van der Waals surface area contributed by atoms with E-state index in [2.05, 4.69) is 4.99 Å². The highest BCUT2D eigenvalue weighted by molar-refractivity contribution is 6.64. The van der Waals surface area contributed by atoms with Crippen LogP contribution in [0.5, 0.6) is 5.75 Å². The Morgan fingerprint density at radius 3 is 2.48 bits per heavy atom. The van der Waals surface area contributed by atoms with Gasteiger partial charge in [0.15, 0.2) is 5.29 Å². The smallest absolute Gasteiger partial charge is 0.420 e. The minimum absolute atomic E-state index is 0.0130. The fourth-order valence-electron chi connectivity index (χ4n) is 3.01. The summed E-state index contributed by atoms with van der Waals surface area (Å²) >= 11 is 5.71. The molecular formula is C20H24ClF4N3O3. The molecule has 1 aliphatic rings. The lowest BCUT2D eigenvalue weighted by atomic mass is 10.0. The van der Waals surface area contributed by atoms with Crippen LogP contribution in [0.1, 0.15) is 39.7 Å². The molecular weight excluding hydrogens is 442 g/mol. The minimum Gasteiger partial charge on any atom is -0.486 e. The molecule has 0 radical (unpaired) electrons. The number of ether oxygens (including phenoxy) is 2. The molecule has 31 heavy (non-hydrogen) atoms. The Hall–Kier alpha value is -2.49. The van der Waals surface area contributed by atoms with E-state index in [9.17, 15) is 22.4 Å². The monoisotopic (exact) mass is 465 g/mol. The second-order valence-corrected chi connectivity index (χ2v) is 8.34. The second kappa shape index (κ2) is 9.33. The van der Waals surface area contributed by atoms with Gasteiger partial charge in [-0.05, 0) is 69.5 Å². The molecule has 1 aromatic carbocycles. The number of nitrogens with two attached hydrogens (primary N) is 1. The molecule has 1 atom stereocenters. The van der Waals surface area contributed by atoms with Crippen molar-refractivity contribution >= 4 is 23.0 Å². The normalized spacial score (nSPS) is 16.9. The van der Waals surface area contributed by atoms with Crippen LogP contribution < -0.4 is 10.5 Å². The lowest BCUT2D eigenvalue weighted by Gasteiger charge is -2.33. The third-order valence-corrected chi connectivity index (χ3v) is 4.38. The third-order valence-electron chi connectivity index (χ3n) is 4.30. The van der Waals surface area contributed by atoms with Gasteiger partial charge in [-0.25, -0.2) is 14.2 Å². The Morgan fingerprint density at radius 2 is 1.94 bits per heavy atom. The van der Waals surface area contributed by atoms with Crippen LogP contribution in [-0.4, -0.2) is 41.1 Å². The first-order valence-electron chi connectivity index (χ1n) is 9.40. The van der Waals surface area contributed by atoms with Crippen LogP contribution in [0, 0.1) is 5.82 Å². The molecule has 11 heteroatoms. The Morgan fingerprint density at radius 1 is 1.29 bits per heavy atom. The number of benzene rings is 1. The van der Waals surface area contributed by atoms with Crippen LogP contribution >= 0.6 is 11.6 Å². The number of nitrogens with zero attached hydrogens (tertiary/aromatic N) is 2. The van der Waals surface area contributed by atoms with Crippen molar-refractivity contribution in [3.05, 3.63) is 40.8 Å². The van der Waals surface area contributed by atoms with Crippen LogP contribution in [-0.2, 0) is 10.9 Å². The van der Waals surface area contributed by atoms with Crippen molar-refractivity contribution in [2.24, 2.45) is 10.7 Å². The molecule has 0 aromatic heterocycles. The lowest BCUT2D eigenvalue weighted by Crippen LogP contribution is -2.42. The molecule has 1 heterocycles. The highest BCUT2D eigenvalue weighted by Crippen LogP contribution is 2.38. The van der Waals surface area contributed by atoms with Gasteiger partial charge in [0.25, 0.3) is 0 Å². The predicted molar refractivity (Wildman–Crippen MR) is 108 cm³/mol. The van der Waals surface area contributed by atoms with Gasteiger partial charge in [0, 0.05) is 6.54 Å². The molecule has 0 aliphatic carbocycles. The number of aliphatic imine (C=N–C) groups is 1. The molecule has 0 bridgehead atoms. The quantitative estimate of drug-likeness (QED) is 0.292. The van der Waals surface area contributed by atoms with Gasteiger partial charge in [0.05, 0.1) is 12.2 Å². The van der Waals surface area contributed by atoms with Gasteiger partial charge in [0.2, 0.25) is 0 Å². The van der Waals surface area contributed by atoms with Gasteiger partial charge in [-0.15, -0.1) is 0 Å². The summed E-state index contributed by atoms with van der Waals surface area (Å²) in [5.74, 6) is -1.55. The molecule has 1 aromatic rings. The zero-order chi connectivity index (χ0) is 23.6. The van der Waals surface area contributed by atoms with E-state index in [1.54, 1.807) is 20.8 Å². The number of hydrogen-bond acceptors (Lipinski definition) is 4. The van der Waals surface area contributed by atoms with Gasteiger partial charge in [-0.3, -0.25) is 0 Å². The zero-order valence-electron chi connectivity index (χ0n) is 17.5. The summed E-state index contributed by atoms with van der Waals surface area (Å²) < 4.78 is 64.0. The molecule has 0 fully saturated rings. The van der Waals surface area contributed by atoms with Crippen LogP contribution in [0.25, 0.3) is 0 Å². The van der Waals surface area contributed by atoms with Crippen molar-refractivity contribution in [2.45, 2.75) is 52.0 Å². The number of halogens is 5. The molecule has 0 saturated heterocycles. The average molecular weight is 466 g/mol.